The highest BCUT2D eigenvalue weighted by atomic mass is 35.5. The first kappa shape index (κ1) is 10.4. The molecule has 1 saturated carbocycles. The fraction of sp³-hybridized carbons (Fsp3) is 0.364. The summed E-state index contributed by atoms with van der Waals surface area (Å²) in [4.78, 5) is 0. The fourth-order valence-corrected chi connectivity index (χ4v) is 2.22. The molecule has 0 saturated heterocycles. The smallest absolute Gasteiger partial charge is 0.142 e. The van der Waals surface area contributed by atoms with Gasteiger partial charge in [0.2, 0.25) is 0 Å². The lowest BCUT2D eigenvalue weighted by Crippen LogP contribution is -2.10. The maximum atomic E-state index is 13.2. The molecule has 1 fully saturated rings. The molecule has 0 spiro atoms. The predicted molar refractivity (Wildman–Crippen MR) is 53.9 cm³/mol. The minimum Gasteiger partial charge on any atom is -0.396 e. The van der Waals surface area contributed by atoms with Gasteiger partial charge in [-0.25, -0.2) is 4.39 Å². The molecule has 78 valence electrons. The van der Waals surface area contributed by atoms with E-state index in [1.54, 1.807) is 6.07 Å². The van der Waals surface area contributed by atoms with Gasteiger partial charge < -0.3 is 5.11 Å². The van der Waals surface area contributed by atoms with E-state index >= 15 is 0 Å². The average molecular weight is 226 g/mol. The van der Waals surface area contributed by atoms with Gasteiger partial charge >= 0.3 is 0 Å². The summed E-state index contributed by atoms with van der Waals surface area (Å²) in [5.41, 5.74) is -0.292. The van der Waals surface area contributed by atoms with Crippen molar-refractivity contribution in [1.82, 2.24) is 0 Å². The van der Waals surface area contributed by atoms with Crippen LogP contribution >= 0.6 is 11.6 Å². The van der Waals surface area contributed by atoms with Crippen molar-refractivity contribution in [2.75, 3.05) is 6.61 Å². The van der Waals surface area contributed by atoms with Crippen LogP contribution < -0.4 is 0 Å². The summed E-state index contributed by atoms with van der Waals surface area (Å²) in [5, 5.41) is 18.1. The third-order valence-corrected chi connectivity index (χ3v) is 3.34. The first-order valence-corrected chi connectivity index (χ1v) is 5.00. The Morgan fingerprint density at radius 3 is 2.93 bits per heavy atom. The van der Waals surface area contributed by atoms with Crippen LogP contribution in [0, 0.1) is 23.1 Å². The van der Waals surface area contributed by atoms with Gasteiger partial charge in [-0.3, -0.25) is 0 Å². The fourth-order valence-electron chi connectivity index (χ4n) is 1.93. The third kappa shape index (κ3) is 1.41. The van der Waals surface area contributed by atoms with E-state index in [4.69, 9.17) is 22.0 Å². The molecule has 0 radical (unpaired) electrons. The molecule has 4 heteroatoms. The van der Waals surface area contributed by atoms with Crippen LogP contribution in [0.4, 0.5) is 4.39 Å². The number of hydrogen-bond acceptors (Lipinski definition) is 2. The summed E-state index contributed by atoms with van der Waals surface area (Å²) in [6.45, 7) is -0.0690. The summed E-state index contributed by atoms with van der Waals surface area (Å²) in [6, 6.07) is 6.56. The van der Waals surface area contributed by atoms with E-state index in [0.29, 0.717) is 12.0 Å². The molecule has 2 nitrogen and oxygen atoms in total. The van der Waals surface area contributed by atoms with Crippen molar-refractivity contribution in [3.05, 3.63) is 34.6 Å². The van der Waals surface area contributed by atoms with Gasteiger partial charge in [-0.15, -0.1) is 0 Å². The van der Waals surface area contributed by atoms with Gasteiger partial charge in [-0.05, 0) is 18.1 Å². The molecule has 1 aliphatic rings. The lowest BCUT2D eigenvalue weighted by atomic mass is 9.95. The van der Waals surface area contributed by atoms with Gasteiger partial charge in [-0.2, -0.15) is 5.26 Å². The van der Waals surface area contributed by atoms with Crippen molar-refractivity contribution in [3.63, 3.8) is 0 Å². The minimum atomic E-state index is -0.784. The molecule has 1 N–H and O–H groups in total. The Morgan fingerprint density at radius 1 is 1.67 bits per heavy atom. The number of aliphatic hydroxyl groups is 1. The standard InChI is InChI=1S/C11H9ClFNO/c12-10-8(2-1-3-9(10)13)11(6-14)4-7(11)5-15/h1-3,7,15H,4-5H2/t7?,11-/m0/s1. The minimum absolute atomic E-state index is 0.00463. The number of aliphatic hydroxyl groups excluding tert-OH is 1. The Bertz CT molecular complexity index is 443. The topological polar surface area (TPSA) is 44.0 Å². The third-order valence-electron chi connectivity index (χ3n) is 2.96. The zero-order valence-corrected chi connectivity index (χ0v) is 8.63. The maximum Gasteiger partial charge on any atom is 0.142 e. The van der Waals surface area contributed by atoms with Crippen LogP contribution in [0.5, 0.6) is 0 Å². The van der Waals surface area contributed by atoms with Gasteiger partial charge in [0.05, 0.1) is 16.5 Å². The number of nitriles is 1. The van der Waals surface area contributed by atoms with Gasteiger partial charge in [0.25, 0.3) is 0 Å². The molecule has 1 aromatic rings. The summed E-state index contributed by atoms with van der Waals surface area (Å²) in [7, 11) is 0. The molecule has 15 heavy (non-hydrogen) atoms. The zero-order valence-electron chi connectivity index (χ0n) is 7.87. The highest BCUT2D eigenvalue weighted by Gasteiger charge is 2.56. The lowest BCUT2D eigenvalue weighted by Gasteiger charge is -2.10. The second-order valence-electron chi connectivity index (χ2n) is 3.77. The summed E-state index contributed by atoms with van der Waals surface area (Å²) in [5.74, 6) is -0.644. The molecule has 1 aromatic carbocycles. The highest BCUT2D eigenvalue weighted by Crippen LogP contribution is 2.55. The summed E-state index contributed by atoms with van der Waals surface area (Å²) >= 11 is 5.81. The van der Waals surface area contributed by atoms with E-state index in [-0.39, 0.29) is 17.5 Å². The summed E-state index contributed by atoms with van der Waals surface area (Å²) < 4.78 is 13.2. The molecule has 2 rings (SSSR count). The molecule has 0 amide bonds. The number of rotatable bonds is 2. The molecule has 1 aliphatic carbocycles. The number of hydrogen-bond donors (Lipinski definition) is 1. The van der Waals surface area contributed by atoms with Crippen molar-refractivity contribution < 1.29 is 9.50 Å². The van der Waals surface area contributed by atoms with Crippen molar-refractivity contribution >= 4 is 11.6 Å². The van der Waals surface area contributed by atoms with E-state index in [1.807, 2.05) is 0 Å². The van der Waals surface area contributed by atoms with Crippen LogP contribution in [0.3, 0.4) is 0 Å². The van der Waals surface area contributed by atoms with E-state index in [0.717, 1.165) is 0 Å². The van der Waals surface area contributed by atoms with E-state index in [9.17, 15) is 4.39 Å². The predicted octanol–water partition coefficient (Wildman–Crippen LogP) is 2.25. The molecule has 0 bridgehead atoms. The van der Waals surface area contributed by atoms with Crippen LogP contribution in [-0.4, -0.2) is 11.7 Å². The molecular formula is C11H9ClFNO. The maximum absolute atomic E-state index is 13.2. The van der Waals surface area contributed by atoms with E-state index < -0.39 is 11.2 Å². The number of nitrogens with zero attached hydrogens (tertiary/aromatic N) is 1. The van der Waals surface area contributed by atoms with Crippen LogP contribution in [0.15, 0.2) is 18.2 Å². The van der Waals surface area contributed by atoms with Crippen molar-refractivity contribution in [3.8, 4) is 6.07 Å². The van der Waals surface area contributed by atoms with Gasteiger partial charge in [0, 0.05) is 12.5 Å². The monoisotopic (exact) mass is 225 g/mol. The van der Waals surface area contributed by atoms with Crippen LogP contribution in [0.1, 0.15) is 12.0 Å². The van der Waals surface area contributed by atoms with Gasteiger partial charge in [0.1, 0.15) is 5.82 Å². The number of benzene rings is 1. The lowest BCUT2D eigenvalue weighted by molar-refractivity contribution is 0.269. The first-order valence-electron chi connectivity index (χ1n) is 4.62. The molecule has 0 aliphatic heterocycles. The van der Waals surface area contributed by atoms with Crippen LogP contribution in [0.2, 0.25) is 5.02 Å². The van der Waals surface area contributed by atoms with Crippen LogP contribution in [0.25, 0.3) is 0 Å². The molecular weight excluding hydrogens is 217 g/mol. The molecule has 2 atom stereocenters. The van der Waals surface area contributed by atoms with Crippen LogP contribution in [-0.2, 0) is 5.41 Å². The van der Waals surface area contributed by atoms with Crippen molar-refractivity contribution in [2.45, 2.75) is 11.8 Å². The summed E-state index contributed by atoms with van der Waals surface area (Å²) in [6.07, 6.45) is 0.545. The second kappa shape index (κ2) is 3.48. The quantitative estimate of drug-likeness (QED) is 0.839. The largest absolute Gasteiger partial charge is 0.396 e. The molecule has 0 heterocycles. The Balaban J connectivity index is 2.47. The Labute approximate surface area is 91.9 Å². The zero-order chi connectivity index (χ0) is 11.1. The van der Waals surface area contributed by atoms with Gasteiger partial charge in [0.15, 0.2) is 0 Å². The SMILES string of the molecule is N#C[C@@]1(c2cccc(F)c2Cl)CC1CO. The second-order valence-corrected chi connectivity index (χ2v) is 4.15. The Hall–Kier alpha value is -1.11. The van der Waals surface area contributed by atoms with Crippen molar-refractivity contribution in [1.29, 1.82) is 5.26 Å². The highest BCUT2D eigenvalue weighted by molar-refractivity contribution is 6.31. The molecule has 0 aromatic heterocycles. The normalized spacial score (nSPS) is 28.5. The number of halogens is 2. The Morgan fingerprint density at radius 2 is 2.40 bits per heavy atom. The molecule has 1 unspecified atom stereocenters. The average Bonchev–Trinajstić information content (AvgIpc) is 2.97. The first-order chi connectivity index (χ1) is 7.15. The Kier molecular flexibility index (Phi) is 2.41. The van der Waals surface area contributed by atoms with Crippen molar-refractivity contribution in [2.24, 2.45) is 5.92 Å². The van der Waals surface area contributed by atoms with Gasteiger partial charge in [-0.1, -0.05) is 23.7 Å². The van der Waals surface area contributed by atoms with E-state index in [1.165, 1.54) is 12.1 Å². The van der Waals surface area contributed by atoms with E-state index in [2.05, 4.69) is 6.07 Å².